The highest BCUT2D eigenvalue weighted by molar-refractivity contribution is 5.76. The van der Waals surface area contributed by atoms with Crippen LogP contribution in [-0.4, -0.2) is 38.3 Å². The van der Waals surface area contributed by atoms with Crippen LogP contribution in [0.4, 0.5) is 5.69 Å². The number of amides is 1. The molecule has 0 spiro atoms. The number of benzene rings is 1. The van der Waals surface area contributed by atoms with Gasteiger partial charge in [0.15, 0.2) is 0 Å². The molecule has 2 saturated heterocycles. The number of hydrogen-bond acceptors (Lipinski definition) is 4. The third kappa shape index (κ3) is 4.48. The SMILES string of the molecule is N#Cc1ccc(N2CCC(CC(=O)NC3CCOCC3)CC2)cc1. The quantitative estimate of drug-likeness (QED) is 0.922. The molecule has 2 fully saturated rings. The van der Waals surface area contributed by atoms with Crippen molar-refractivity contribution in [1.29, 1.82) is 5.26 Å². The van der Waals surface area contributed by atoms with Crippen LogP contribution >= 0.6 is 0 Å². The van der Waals surface area contributed by atoms with Gasteiger partial charge >= 0.3 is 0 Å². The molecular weight excluding hydrogens is 302 g/mol. The Hall–Kier alpha value is -2.06. The van der Waals surface area contributed by atoms with Gasteiger partial charge in [0.2, 0.25) is 5.91 Å². The Bertz CT molecular complexity index is 580. The molecular formula is C19H25N3O2. The van der Waals surface area contributed by atoms with Gasteiger partial charge in [-0.05, 0) is 55.9 Å². The number of nitriles is 1. The standard InChI is InChI=1S/C19H25N3O2/c20-14-16-1-3-18(4-2-16)22-9-5-15(6-10-22)13-19(23)21-17-7-11-24-12-8-17/h1-4,15,17H,5-13H2,(H,21,23). The summed E-state index contributed by atoms with van der Waals surface area (Å²) in [6.07, 6.45) is 4.59. The van der Waals surface area contributed by atoms with E-state index in [-0.39, 0.29) is 5.91 Å². The van der Waals surface area contributed by atoms with Crippen molar-refractivity contribution in [2.45, 2.75) is 38.1 Å². The van der Waals surface area contributed by atoms with E-state index in [0.29, 0.717) is 23.9 Å². The van der Waals surface area contributed by atoms with E-state index in [0.717, 1.165) is 52.0 Å². The first-order chi connectivity index (χ1) is 11.7. The first-order valence-electron chi connectivity index (χ1n) is 8.87. The second-order valence-electron chi connectivity index (χ2n) is 6.75. The Morgan fingerprint density at radius 2 is 1.83 bits per heavy atom. The molecule has 0 aromatic heterocycles. The van der Waals surface area contributed by atoms with Crippen molar-refractivity contribution in [2.24, 2.45) is 5.92 Å². The Labute approximate surface area is 143 Å². The summed E-state index contributed by atoms with van der Waals surface area (Å²) in [6, 6.07) is 10.2. The number of carbonyl (C=O) groups excluding carboxylic acids is 1. The minimum Gasteiger partial charge on any atom is -0.381 e. The Balaban J connectivity index is 1.42. The number of carbonyl (C=O) groups is 1. The van der Waals surface area contributed by atoms with E-state index < -0.39 is 0 Å². The van der Waals surface area contributed by atoms with E-state index in [9.17, 15) is 4.79 Å². The number of ether oxygens (including phenoxy) is 1. The topological polar surface area (TPSA) is 65.4 Å². The molecule has 5 heteroatoms. The smallest absolute Gasteiger partial charge is 0.220 e. The maximum atomic E-state index is 12.2. The molecule has 3 rings (SSSR count). The molecule has 2 aliphatic rings. The maximum absolute atomic E-state index is 12.2. The number of nitrogens with zero attached hydrogens (tertiary/aromatic N) is 2. The number of hydrogen-bond donors (Lipinski definition) is 1. The highest BCUT2D eigenvalue weighted by Crippen LogP contribution is 2.25. The van der Waals surface area contributed by atoms with E-state index in [1.165, 1.54) is 5.69 Å². The summed E-state index contributed by atoms with van der Waals surface area (Å²) >= 11 is 0. The molecule has 24 heavy (non-hydrogen) atoms. The van der Waals surface area contributed by atoms with Gasteiger partial charge in [0.25, 0.3) is 0 Å². The van der Waals surface area contributed by atoms with Crippen LogP contribution in [0, 0.1) is 17.2 Å². The van der Waals surface area contributed by atoms with E-state index >= 15 is 0 Å². The normalized spacial score (nSPS) is 19.7. The fourth-order valence-corrected chi connectivity index (χ4v) is 3.53. The van der Waals surface area contributed by atoms with Crippen LogP contribution < -0.4 is 10.2 Å². The molecule has 128 valence electrons. The molecule has 0 aliphatic carbocycles. The number of piperidine rings is 1. The van der Waals surface area contributed by atoms with Crippen LogP contribution in [-0.2, 0) is 9.53 Å². The monoisotopic (exact) mass is 327 g/mol. The summed E-state index contributed by atoms with van der Waals surface area (Å²) in [5.74, 6) is 0.665. The number of nitrogens with one attached hydrogen (secondary N) is 1. The van der Waals surface area contributed by atoms with Gasteiger partial charge in [-0.15, -0.1) is 0 Å². The molecule has 2 heterocycles. The Morgan fingerprint density at radius 3 is 2.46 bits per heavy atom. The van der Waals surface area contributed by atoms with Crippen molar-refractivity contribution in [3.63, 3.8) is 0 Å². The molecule has 1 aromatic carbocycles. The Morgan fingerprint density at radius 1 is 1.17 bits per heavy atom. The lowest BCUT2D eigenvalue weighted by Gasteiger charge is -2.33. The number of rotatable bonds is 4. The average Bonchev–Trinajstić information content (AvgIpc) is 2.63. The summed E-state index contributed by atoms with van der Waals surface area (Å²) < 4.78 is 5.33. The first-order valence-corrected chi connectivity index (χ1v) is 8.87. The zero-order valence-electron chi connectivity index (χ0n) is 14.0. The lowest BCUT2D eigenvalue weighted by molar-refractivity contribution is -0.123. The highest BCUT2D eigenvalue weighted by Gasteiger charge is 2.23. The molecule has 0 unspecified atom stereocenters. The van der Waals surface area contributed by atoms with Crippen molar-refractivity contribution in [3.8, 4) is 6.07 Å². The zero-order chi connectivity index (χ0) is 16.8. The van der Waals surface area contributed by atoms with Crippen LogP contribution in [0.5, 0.6) is 0 Å². The van der Waals surface area contributed by atoms with Gasteiger partial charge in [-0.2, -0.15) is 5.26 Å². The number of anilines is 1. The second-order valence-corrected chi connectivity index (χ2v) is 6.75. The summed E-state index contributed by atoms with van der Waals surface area (Å²) in [6.45, 7) is 3.46. The van der Waals surface area contributed by atoms with Gasteiger partial charge < -0.3 is 15.0 Å². The van der Waals surface area contributed by atoms with Crippen molar-refractivity contribution in [1.82, 2.24) is 5.32 Å². The summed E-state index contributed by atoms with van der Waals surface area (Å²) in [7, 11) is 0. The molecule has 0 atom stereocenters. The van der Waals surface area contributed by atoms with Crippen LogP contribution in [0.3, 0.4) is 0 Å². The molecule has 0 bridgehead atoms. The minimum atomic E-state index is 0.193. The lowest BCUT2D eigenvalue weighted by Crippen LogP contribution is -2.41. The molecule has 1 amide bonds. The summed E-state index contributed by atoms with van der Waals surface area (Å²) in [5.41, 5.74) is 1.86. The average molecular weight is 327 g/mol. The largest absolute Gasteiger partial charge is 0.381 e. The second kappa shape index (κ2) is 8.16. The summed E-state index contributed by atoms with van der Waals surface area (Å²) in [5, 5.41) is 12.0. The molecule has 0 radical (unpaired) electrons. The zero-order valence-corrected chi connectivity index (χ0v) is 14.0. The van der Waals surface area contributed by atoms with E-state index in [2.05, 4.69) is 16.3 Å². The van der Waals surface area contributed by atoms with Gasteiger partial charge in [0.05, 0.1) is 11.6 Å². The van der Waals surface area contributed by atoms with Crippen LogP contribution in [0.2, 0.25) is 0 Å². The van der Waals surface area contributed by atoms with E-state index in [1.54, 1.807) is 0 Å². The highest BCUT2D eigenvalue weighted by atomic mass is 16.5. The van der Waals surface area contributed by atoms with Gasteiger partial charge in [-0.3, -0.25) is 4.79 Å². The minimum absolute atomic E-state index is 0.193. The fourth-order valence-electron chi connectivity index (χ4n) is 3.53. The predicted octanol–water partition coefficient (Wildman–Crippen LogP) is 2.46. The fraction of sp³-hybridized carbons (Fsp3) is 0.579. The van der Waals surface area contributed by atoms with E-state index in [4.69, 9.17) is 10.00 Å². The maximum Gasteiger partial charge on any atom is 0.220 e. The molecule has 0 saturated carbocycles. The van der Waals surface area contributed by atoms with Crippen LogP contribution in [0.1, 0.15) is 37.7 Å². The van der Waals surface area contributed by atoms with Gasteiger partial charge in [0.1, 0.15) is 0 Å². The summed E-state index contributed by atoms with van der Waals surface area (Å²) in [4.78, 5) is 14.5. The van der Waals surface area contributed by atoms with Crippen molar-refractivity contribution in [3.05, 3.63) is 29.8 Å². The van der Waals surface area contributed by atoms with Crippen LogP contribution in [0.15, 0.2) is 24.3 Å². The predicted molar refractivity (Wildman–Crippen MR) is 92.7 cm³/mol. The molecule has 1 aromatic rings. The van der Waals surface area contributed by atoms with E-state index in [1.807, 2.05) is 24.3 Å². The third-order valence-corrected chi connectivity index (χ3v) is 5.04. The van der Waals surface area contributed by atoms with Crippen molar-refractivity contribution < 1.29 is 9.53 Å². The molecule has 1 N–H and O–H groups in total. The van der Waals surface area contributed by atoms with Gasteiger partial charge in [-0.1, -0.05) is 0 Å². The first kappa shape index (κ1) is 16.8. The third-order valence-electron chi connectivity index (χ3n) is 5.04. The van der Waals surface area contributed by atoms with Crippen molar-refractivity contribution >= 4 is 11.6 Å². The molecule has 2 aliphatic heterocycles. The lowest BCUT2D eigenvalue weighted by atomic mass is 9.92. The van der Waals surface area contributed by atoms with Gasteiger partial charge in [0, 0.05) is 44.5 Å². The van der Waals surface area contributed by atoms with Gasteiger partial charge in [-0.25, -0.2) is 0 Å². The van der Waals surface area contributed by atoms with Crippen molar-refractivity contribution in [2.75, 3.05) is 31.2 Å². The Kier molecular flexibility index (Phi) is 5.71. The molecule has 5 nitrogen and oxygen atoms in total. The van der Waals surface area contributed by atoms with Crippen LogP contribution in [0.25, 0.3) is 0 Å².